The Hall–Kier alpha value is -1.81. The topological polar surface area (TPSA) is 45.7 Å². The summed E-state index contributed by atoms with van der Waals surface area (Å²) < 4.78 is 5.65. The van der Waals surface area contributed by atoms with Crippen molar-refractivity contribution in [3.05, 3.63) is 47.5 Å². The van der Waals surface area contributed by atoms with Crippen molar-refractivity contribution in [2.24, 2.45) is 4.99 Å². The first-order chi connectivity index (χ1) is 10.7. The molecule has 0 fully saturated rings. The zero-order chi connectivity index (χ0) is 15.8. The summed E-state index contributed by atoms with van der Waals surface area (Å²) in [5, 5.41) is 6.82. The van der Waals surface area contributed by atoms with Crippen molar-refractivity contribution in [2.45, 2.75) is 52.0 Å². The fourth-order valence-electron chi connectivity index (χ4n) is 2.40. The van der Waals surface area contributed by atoms with Crippen LogP contribution in [-0.4, -0.2) is 25.2 Å². The van der Waals surface area contributed by atoms with Crippen LogP contribution in [0.1, 0.15) is 37.8 Å². The van der Waals surface area contributed by atoms with Crippen LogP contribution in [0.2, 0.25) is 0 Å². The van der Waals surface area contributed by atoms with E-state index in [1.807, 2.05) is 7.05 Å². The van der Waals surface area contributed by atoms with Crippen molar-refractivity contribution in [3.8, 4) is 0 Å². The van der Waals surface area contributed by atoms with Gasteiger partial charge in [-0.25, -0.2) is 0 Å². The number of rotatable bonds is 6. The van der Waals surface area contributed by atoms with Crippen LogP contribution in [0.25, 0.3) is 0 Å². The molecule has 0 heterocycles. The molecule has 0 aliphatic heterocycles. The van der Waals surface area contributed by atoms with Crippen LogP contribution in [0.5, 0.6) is 0 Å². The Bertz CT molecular complexity index is 515. The molecule has 0 saturated heterocycles. The van der Waals surface area contributed by atoms with Gasteiger partial charge in [0.1, 0.15) is 0 Å². The minimum Gasteiger partial charge on any atom is -0.374 e. The zero-order valence-corrected chi connectivity index (χ0v) is 13.8. The molecular formula is C18H27N3O. The van der Waals surface area contributed by atoms with Crippen molar-refractivity contribution >= 4 is 5.96 Å². The molecule has 1 aliphatic rings. The lowest BCUT2D eigenvalue weighted by molar-refractivity contribution is 0.0657. The normalized spacial score (nSPS) is 15.5. The van der Waals surface area contributed by atoms with Crippen molar-refractivity contribution < 1.29 is 4.74 Å². The van der Waals surface area contributed by atoms with E-state index in [0.29, 0.717) is 12.6 Å². The van der Waals surface area contributed by atoms with E-state index < -0.39 is 0 Å². The van der Waals surface area contributed by atoms with Gasteiger partial charge in [0, 0.05) is 19.6 Å². The Morgan fingerprint density at radius 1 is 1.27 bits per heavy atom. The maximum atomic E-state index is 5.65. The van der Waals surface area contributed by atoms with Crippen LogP contribution in [0.4, 0.5) is 0 Å². The number of hydrogen-bond donors (Lipinski definition) is 2. The molecule has 0 atom stereocenters. The summed E-state index contributed by atoms with van der Waals surface area (Å²) in [6, 6.07) is 8.95. The van der Waals surface area contributed by atoms with Gasteiger partial charge in [-0.15, -0.1) is 0 Å². The third-order valence-electron chi connectivity index (χ3n) is 3.61. The van der Waals surface area contributed by atoms with Gasteiger partial charge in [0.2, 0.25) is 0 Å². The van der Waals surface area contributed by atoms with Gasteiger partial charge in [-0.05, 0) is 37.8 Å². The predicted molar refractivity (Wildman–Crippen MR) is 91.9 cm³/mol. The van der Waals surface area contributed by atoms with Crippen molar-refractivity contribution in [2.75, 3.05) is 7.05 Å². The van der Waals surface area contributed by atoms with Gasteiger partial charge in [-0.3, -0.25) is 4.99 Å². The molecular weight excluding hydrogens is 274 g/mol. The molecule has 1 aromatic rings. The molecule has 2 N–H and O–H groups in total. The summed E-state index contributed by atoms with van der Waals surface area (Å²) in [6.07, 6.45) is 6.82. The molecule has 22 heavy (non-hydrogen) atoms. The number of guanidine groups is 1. The summed E-state index contributed by atoms with van der Waals surface area (Å²) in [4.78, 5) is 4.29. The van der Waals surface area contributed by atoms with Crippen LogP contribution in [0, 0.1) is 0 Å². The summed E-state index contributed by atoms with van der Waals surface area (Å²) in [7, 11) is 1.81. The van der Waals surface area contributed by atoms with Crippen molar-refractivity contribution in [3.63, 3.8) is 0 Å². The average Bonchev–Trinajstić information content (AvgIpc) is 3.03. The SMILES string of the molecule is CN=C(NCc1cccc(COC(C)C)c1)NC1CC=CC1. The van der Waals surface area contributed by atoms with Crippen LogP contribution >= 0.6 is 0 Å². The fourth-order valence-corrected chi connectivity index (χ4v) is 2.40. The summed E-state index contributed by atoms with van der Waals surface area (Å²) in [5.41, 5.74) is 2.44. The molecule has 0 amide bonds. The van der Waals surface area contributed by atoms with E-state index in [-0.39, 0.29) is 6.10 Å². The third kappa shape index (κ3) is 5.53. The van der Waals surface area contributed by atoms with E-state index in [1.54, 1.807) is 0 Å². The predicted octanol–water partition coefficient (Wildman–Crippen LogP) is 3.00. The molecule has 2 rings (SSSR count). The fraction of sp³-hybridized carbons (Fsp3) is 0.500. The lowest BCUT2D eigenvalue weighted by Crippen LogP contribution is -2.42. The van der Waals surface area contributed by atoms with Gasteiger partial charge < -0.3 is 15.4 Å². The number of nitrogens with one attached hydrogen (secondary N) is 2. The second-order valence-electron chi connectivity index (χ2n) is 5.89. The maximum absolute atomic E-state index is 5.65. The highest BCUT2D eigenvalue weighted by atomic mass is 16.5. The van der Waals surface area contributed by atoms with Gasteiger partial charge in [-0.2, -0.15) is 0 Å². The lowest BCUT2D eigenvalue weighted by atomic mass is 10.1. The van der Waals surface area contributed by atoms with Crippen molar-refractivity contribution in [1.29, 1.82) is 0 Å². The molecule has 0 radical (unpaired) electrons. The highest BCUT2D eigenvalue weighted by Crippen LogP contribution is 2.10. The van der Waals surface area contributed by atoms with E-state index >= 15 is 0 Å². The number of hydrogen-bond acceptors (Lipinski definition) is 2. The first-order valence-electron chi connectivity index (χ1n) is 7.99. The van der Waals surface area contributed by atoms with Gasteiger partial charge in [-0.1, -0.05) is 36.4 Å². The minimum absolute atomic E-state index is 0.254. The van der Waals surface area contributed by atoms with Gasteiger partial charge in [0.25, 0.3) is 0 Å². The largest absolute Gasteiger partial charge is 0.374 e. The van der Waals surface area contributed by atoms with E-state index in [2.05, 4.69) is 65.9 Å². The van der Waals surface area contributed by atoms with Crippen molar-refractivity contribution in [1.82, 2.24) is 10.6 Å². The van der Waals surface area contributed by atoms with E-state index in [0.717, 1.165) is 25.3 Å². The Labute approximate surface area is 133 Å². The third-order valence-corrected chi connectivity index (χ3v) is 3.61. The van der Waals surface area contributed by atoms with Gasteiger partial charge in [0.15, 0.2) is 5.96 Å². The number of aliphatic imine (C=N–C) groups is 1. The summed E-state index contributed by atoms with van der Waals surface area (Å²) >= 11 is 0. The Kier molecular flexibility index (Phi) is 6.46. The van der Waals surface area contributed by atoms with E-state index in [9.17, 15) is 0 Å². The highest BCUT2D eigenvalue weighted by Gasteiger charge is 2.11. The first-order valence-corrected chi connectivity index (χ1v) is 7.99. The molecule has 0 saturated carbocycles. The Morgan fingerprint density at radius 2 is 2.00 bits per heavy atom. The van der Waals surface area contributed by atoms with E-state index in [4.69, 9.17) is 4.74 Å². The van der Waals surface area contributed by atoms with Gasteiger partial charge in [0.05, 0.1) is 12.7 Å². The van der Waals surface area contributed by atoms with Crippen LogP contribution < -0.4 is 10.6 Å². The molecule has 0 spiro atoms. The van der Waals surface area contributed by atoms with E-state index in [1.165, 1.54) is 11.1 Å². The smallest absolute Gasteiger partial charge is 0.191 e. The van der Waals surface area contributed by atoms with Gasteiger partial charge >= 0.3 is 0 Å². The average molecular weight is 301 g/mol. The Morgan fingerprint density at radius 3 is 2.68 bits per heavy atom. The molecule has 120 valence electrons. The summed E-state index contributed by atoms with van der Waals surface area (Å²) in [6.45, 7) is 5.53. The Balaban J connectivity index is 1.83. The number of benzene rings is 1. The highest BCUT2D eigenvalue weighted by molar-refractivity contribution is 5.80. The quantitative estimate of drug-likeness (QED) is 0.482. The number of ether oxygens (including phenoxy) is 1. The molecule has 0 aromatic heterocycles. The minimum atomic E-state index is 0.254. The van der Waals surface area contributed by atoms with Crippen LogP contribution in [0.3, 0.4) is 0 Å². The molecule has 1 aliphatic carbocycles. The molecule has 4 nitrogen and oxygen atoms in total. The standard InChI is InChI=1S/C18H27N3O/c1-14(2)22-13-16-8-6-7-15(11-16)12-20-18(19-3)21-17-9-4-5-10-17/h4-8,11,14,17H,9-10,12-13H2,1-3H3,(H2,19,20,21). The maximum Gasteiger partial charge on any atom is 0.191 e. The first kappa shape index (κ1) is 16.6. The number of nitrogens with zero attached hydrogens (tertiary/aromatic N) is 1. The lowest BCUT2D eigenvalue weighted by Gasteiger charge is -2.17. The second-order valence-corrected chi connectivity index (χ2v) is 5.89. The molecule has 0 bridgehead atoms. The molecule has 1 aromatic carbocycles. The van der Waals surface area contributed by atoms with Crippen LogP contribution in [-0.2, 0) is 17.9 Å². The summed E-state index contributed by atoms with van der Waals surface area (Å²) in [5.74, 6) is 0.859. The van der Waals surface area contributed by atoms with Crippen LogP contribution in [0.15, 0.2) is 41.4 Å². The molecule has 4 heteroatoms. The molecule has 0 unspecified atom stereocenters. The zero-order valence-electron chi connectivity index (χ0n) is 13.8. The monoisotopic (exact) mass is 301 g/mol. The second kappa shape index (κ2) is 8.59.